The Kier molecular flexibility index (Phi) is 6.59. The second-order valence-electron chi connectivity index (χ2n) is 5.28. The molecule has 2 aromatic carbocycles. The summed E-state index contributed by atoms with van der Waals surface area (Å²) in [6.45, 7) is 1.20. The van der Waals surface area contributed by atoms with Gasteiger partial charge in [-0.05, 0) is 36.4 Å². The Balaban J connectivity index is 1.93. The number of hydrogen-bond acceptors (Lipinski definition) is 5. The van der Waals surface area contributed by atoms with Gasteiger partial charge in [-0.3, -0.25) is 4.79 Å². The molecule has 1 amide bonds. The van der Waals surface area contributed by atoms with Gasteiger partial charge in [0.15, 0.2) is 18.2 Å². The fourth-order valence-electron chi connectivity index (χ4n) is 2.03. The second-order valence-corrected chi connectivity index (χ2v) is 7.05. The van der Waals surface area contributed by atoms with Gasteiger partial charge in [0.2, 0.25) is 10.0 Å². The van der Waals surface area contributed by atoms with Crippen LogP contribution in [0.5, 0.6) is 0 Å². The smallest absolute Gasteiger partial charge is 0.338 e. The van der Waals surface area contributed by atoms with Crippen molar-refractivity contribution >= 4 is 27.6 Å². The predicted octanol–water partition coefficient (Wildman–Crippen LogP) is 2.06. The largest absolute Gasteiger partial charge is 0.452 e. The number of rotatable bonds is 7. The number of halogens is 2. The number of amides is 1. The van der Waals surface area contributed by atoms with Crippen molar-refractivity contribution in [1.29, 1.82) is 0 Å². The molecule has 0 bridgehead atoms. The van der Waals surface area contributed by atoms with E-state index in [0.717, 1.165) is 18.2 Å². The van der Waals surface area contributed by atoms with Crippen molar-refractivity contribution in [3.8, 4) is 0 Å². The van der Waals surface area contributed by atoms with E-state index in [2.05, 4.69) is 10.0 Å². The van der Waals surface area contributed by atoms with Gasteiger partial charge in [0, 0.05) is 18.3 Å². The van der Waals surface area contributed by atoms with Gasteiger partial charge in [-0.15, -0.1) is 0 Å². The number of esters is 1. The summed E-state index contributed by atoms with van der Waals surface area (Å²) < 4.78 is 56.6. The SMILES string of the molecule is CCNS(=O)(=O)c1ccc(C(=O)OCC(=O)Nc2ccc(F)c(F)c2)cc1. The zero-order chi connectivity index (χ0) is 20.0. The zero-order valence-electron chi connectivity index (χ0n) is 14.2. The monoisotopic (exact) mass is 398 g/mol. The van der Waals surface area contributed by atoms with Crippen molar-refractivity contribution in [3.05, 3.63) is 59.7 Å². The Morgan fingerprint density at radius 3 is 2.30 bits per heavy atom. The molecular weight excluding hydrogens is 382 g/mol. The third-order valence-corrected chi connectivity index (χ3v) is 4.83. The Bertz CT molecular complexity index is 946. The second kappa shape index (κ2) is 8.69. The minimum absolute atomic E-state index is 0.00735. The van der Waals surface area contributed by atoms with E-state index >= 15 is 0 Å². The third kappa shape index (κ3) is 5.56. The van der Waals surface area contributed by atoms with Crippen LogP contribution in [-0.4, -0.2) is 33.4 Å². The number of carbonyl (C=O) groups is 2. The van der Waals surface area contributed by atoms with E-state index in [0.29, 0.717) is 0 Å². The van der Waals surface area contributed by atoms with E-state index in [1.807, 2.05) is 0 Å². The van der Waals surface area contributed by atoms with E-state index in [-0.39, 0.29) is 22.7 Å². The number of sulfonamides is 1. The maximum atomic E-state index is 13.1. The molecule has 0 heterocycles. The van der Waals surface area contributed by atoms with Gasteiger partial charge in [0.05, 0.1) is 10.5 Å². The molecule has 0 aromatic heterocycles. The maximum Gasteiger partial charge on any atom is 0.338 e. The molecule has 0 aliphatic rings. The molecule has 2 rings (SSSR count). The highest BCUT2D eigenvalue weighted by Crippen LogP contribution is 2.14. The maximum absolute atomic E-state index is 13.1. The van der Waals surface area contributed by atoms with Gasteiger partial charge in [-0.25, -0.2) is 26.7 Å². The summed E-state index contributed by atoms with van der Waals surface area (Å²) >= 11 is 0. The molecule has 0 radical (unpaired) electrons. The first kappa shape index (κ1) is 20.5. The minimum Gasteiger partial charge on any atom is -0.452 e. The first-order valence-corrected chi connectivity index (χ1v) is 9.23. The number of ether oxygens (including phenoxy) is 1. The summed E-state index contributed by atoms with van der Waals surface area (Å²) in [6.07, 6.45) is 0. The first-order chi connectivity index (χ1) is 12.7. The molecule has 0 unspecified atom stereocenters. The van der Waals surface area contributed by atoms with Crippen molar-refractivity contribution in [1.82, 2.24) is 4.72 Å². The summed E-state index contributed by atoms with van der Waals surface area (Å²) in [5.41, 5.74) is 0.0546. The van der Waals surface area contributed by atoms with Crippen molar-refractivity contribution in [2.45, 2.75) is 11.8 Å². The molecule has 0 atom stereocenters. The quantitative estimate of drug-likeness (QED) is 0.695. The number of hydrogen-bond donors (Lipinski definition) is 2. The van der Waals surface area contributed by atoms with Crippen LogP contribution in [0.25, 0.3) is 0 Å². The van der Waals surface area contributed by atoms with Crippen molar-refractivity contribution in [2.24, 2.45) is 0 Å². The van der Waals surface area contributed by atoms with Gasteiger partial charge in [-0.2, -0.15) is 0 Å². The third-order valence-electron chi connectivity index (χ3n) is 3.27. The van der Waals surface area contributed by atoms with E-state index in [4.69, 9.17) is 4.74 Å². The van der Waals surface area contributed by atoms with E-state index in [1.54, 1.807) is 6.92 Å². The number of benzene rings is 2. The molecule has 0 spiro atoms. The van der Waals surface area contributed by atoms with Crippen molar-refractivity contribution in [2.75, 3.05) is 18.5 Å². The molecule has 0 fully saturated rings. The van der Waals surface area contributed by atoms with Crippen LogP contribution in [0.2, 0.25) is 0 Å². The topological polar surface area (TPSA) is 102 Å². The van der Waals surface area contributed by atoms with Crippen molar-refractivity contribution < 1.29 is 31.5 Å². The first-order valence-electron chi connectivity index (χ1n) is 7.74. The molecule has 2 aromatic rings. The van der Waals surface area contributed by atoms with Gasteiger partial charge in [0.25, 0.3) is 5.91 Å². The van der Waals surface area contributed by atoms with Crippen LogP contribution in [0.4, 0.5) is 14.5 Å². The fourth-order valence-corrected chi connectivity index (χ4v) is 3.07. The van der Waals surface area contributed by atoms with Gasteiger partial charge in [0.1, 0.15) is 0 Å². The highest BCUT2D eigenvalue weighted by atomic mass is 32.2. The normalized spacial score (nSPS) is 11.1. The zero-order valence-corrected chi connectivity index (χ0v) is 15.0. The predicted molar refractivity (Wildman–Crippen MR) is 92.6 cm³/mol. The van der Waals surface area contributed by atoms with Crippen LogP contribution in [0.1, 0.15) is 17.3 Å². The summed E-state index contributed by atoms with van der Waals surface area (Å²) in [7, 11) is -3.64. The summed E-state index contributed by atoms with van der Waals surface area (Å²) in [5.74, 6) is -3.78. The molecule has 0 aliphatic carbocycles. The average molecular weight is 398 g/mol. The van der Waals surface area contributed by atoms with E-state index < -0.39 is 40.1 Å². The number of nitrogens with one attached hydrogen (secondary N) is 2. The van der Waals surface area contributed by atoms with Crippen LogP contribution in [0.15, 0.2) is 47.4 Å². The number of carbonyl (C=O) groups excluding carboxylic acids is 2. The highest BCUT2D eigenvalue weighted by molar-refractivity contribution is 7.89. The average Bonchev–Trinajstić information content (AvgIpc) is 2.63. The Morgan fingerprint density at radius 1 is 1.04 bits per heavy atom. The summed E-state index contributed by atoms with van der Waals surface area (Å²) in [6, 6.07) is 7.76. The number of anilines is 1. The lowest BCUT2D eigenvalue weighted by molar-refractivity contribution is -0.119. The van der Waals surface area contributed by atoms with Crippen LogP contribution >= 0.6 is 0 Å². The summed E-state index contributed by atoms with van der Waals surface area (Å²) in [4.78, 5) is 23.6. The molecule has 0 aliphatic heterocycles. The molecule has 2 N–H and O–H groups in total. The standard InChI is InChI=1S/C17H16F2N2O5S/c1-2-20-27(24,25)13-6-3-11(4-7-13)17(23)26-10-16(22)21-12-5-8-14(18)15(19)9-12/h3-9,20H,2,10H2,1H3,(H,21,22). The Labute approximate surface area is 154 Å². The van der Waals surface area contributed by atoms with Crippen LogP contribution in [0.3, 0.4) is 0 Å². The van der Waals surface area contributed by atoms with Crippen molar-refractivity contribution in [3.63, 3.8) is 0 Å². The van der Waals surface area contributed by atoms with E-state index in [1.165, 1.54) is 24.3 Å². The van der Waals surface area contributed by atoms with E-state index in [9.17, 15) is 26.8 Å². The summed E-state index contributed by atoms with van der Waals surface area (Å²) in [5, 5.41) is 2.25. The molecule has 144 valence electrons. The minimum atomic E-state index is -3.64. The van der Waals surface area contributed by atoms with Crippen LogP contribution in [0, 0.1) is 11.6 Å². The molecular formula is C17H16F2N2O5S. The fraction of sp³-hybridized carbons (Fsp3) is 0.176. The molecule has 10 heteroatoms. The lowest BCUT2D eigenvalue weighted by Gasteiger charge is -2.08. The van der Waals surface area contributed by atoms with Gasteiger partial charge >= 0.3 is 5.97 Å². The van der Waals surface area contributed by atoms with Crippen LogP contribution in [-0.2, 0) is 19.6 Å². The Hall–Kier alpha value is -2.85. The lowest BCUT2D eigenvalue weighted by Crippen LogP contribution is -2.23. The molecule has 7 nitrogen and oxygen atoms in total. The molecule has 0 saturated heterocycles. The van der Waals surface area contributed by atoms with Gasteiger partial charge in [-0.1, -0.05) is 6.92 Å². The molecule has 27 heavy (non-hydrogen) atoms. The lowest BCUT2D eigenvalue weighted by atomic mass is 10.2. The van der Waals surface area contributed by atoms with Crippen LogP contribution < -0.4 is 10.0 Å². The molecule has 0 saturated carbocycles. The Morgan fingerprint density at radius 2 is 1.70 bits per heavy atom. The van der Waals surface area contributed by atoms with Gasteiger partial charge < -0.3 is 10.1 Å². The highest BCUT2D eigenvalue weighted by Gasteiger charge is 2.15.